The number of carbonyl (C=O) groups is 2. The quantitative estimate of drug-likeness (QED) is 0.778. The second kappa shape index (κ2) is 6.57. The summed E-state index contributed by atoms with van der Waals surface area (Å²) >= 11 is 0. The number of para-hydroxylation sites is 1. The molecule has 1 heterocycles. The third kappa shape index (κ3) is 4.95. The van der Waals surface area contributed by atoms with Crippen molar-refractivity contribution < 1.29 is 27.9 Å². The summed E-state index contributed by atoms with van der Waals surface area (Å²) in [6, 6.07) is 9.64. The molecule has 1 aromatic rings. The van der Waals surface area contributed by atoms with Crippen molar-refractivity contribution in [1.82, 2.24) is 5.32 Å². The van der Waals surface area contributed by atoms with E-state index in [0.717, 1.165) is 18.7 Å². The van der Waals surface area contributed by atoms with Gasteiger partial charge in [0.2, 0.25) is 5.91 Å². The Morgan fingerprint density at radius 2 is 1.78 bits per heavy atom. The van der Waals surface area contributed by atoms with Crippen molar-refractivity contribution in [3.8, 4) is 0 Å². The first kappa shape index (κ1) is 17.3. The van der Waals surface area contributed by atoms with Crippen molar-refractivity contribution in [2.24, 2.45) is 5.41 Å². The van der Waals surface area contributed by atoms with Gasteiger partial charge < -0.3 is 15.7 Å². The maximum atomic E-state index is 12.0. The van der Waals surface area contributed by atoms with E-state index in [2.05, 4.69) is 10.6 Å². The van der Waals surface area contributed by atoms with E-state index in [1.807, 2.05) is 30.3 Å². The topological polar surface area (TPSA) is 78.4 Å². The van der Waals surface area contributed by atoms with Crippen LogP contribution >= 0.6 is 0 Å². The Balaban J connectivity index is 0.000000236. The number of benzene rings is 1. The first-order chi connectivity index (χ1) is 10.7. The number of aliphatic carboxylic acids is 1. The highest BCUT2D eigenvalue weighted by atomic mass is 19.4. The third-order valence-corrected chi connectivity index (χ3v) is 3.92. The molecule has 3 rings (SSSR count). The summed E-state index contributed by atoms with van der Waals surface area (Å²) in [5.74, 6) is -2.65. The van der Waals surface area contributed by atoms with Crippen molar-refractivity contribution in [2.45, 2.75) is 31.5 Å². The van der Waals surface area contributed by atoms with Gasteiger partial charge in [-0.15, -0.1) is 0 Å². The molecule has 23 heavy (non-hydrogen) atoms. The minimum absolute atomic E-state index is 0.00251. The zero-order chi connectivity index (χ0) is 17.1. The minimum Gasteiger partial charge on any atom is -0.475 e. The Kier molecular flexibility index (Phi) is 4.93. The lowest BCUT2D eigenvalue weighted by Gasteiger charge is -2.11. The number of halogens is 3. The van der Waals surface area contributed by atoms with Crippen LogP contribution in [0.2, 0.25) is 0 Å². The van der Waals surface area contributed by atoms with Gasteiger partial charge in [-0.1, -0.05) is 18.2 Å². The van der Waals surface area contributed by atoms with Gasteiger partial charge in [-0.25, -0.2) is 4.79 Å². The molecule has 2 fully saturated rings. The zero-order valence-corrected chi connectivity index (χ0v) is 12.2. The molecule has 1 aliphatic heterocycles. The Morgan fingerprint density at radius 1 is 1.22 bits per heavy atom. The molecule has 1 saturated carbocycles. The van der Waals surface area contributed by atoms with Crippen LogP contribution in [-0.2, 0) is 9.59 Å². The van der Waals surface area contributed by atoms with E-state index in [1.165, 1.54) is 12.8 Å². The average Bonchev–Trinajstić information content (AvgIpc) is 3.09. The molecule has 0 bridgehead atoms. The molecule has 1 spiro atoms. The SMILES string of the molecule is O=C(Nc1ccccc1)C1CC2(CC2)CN1.O=C(O)C(F)(F)F. The van der Waals surface area contributed by atoms with Crippen molar-refractivity contribution in [3.05, 3.63) is 30.3 Å². The average molecular weight is 330 g/mol. The van der Waals surface area contributed by atoms with E-state index in [4.69, 9.17) is 9.90 Å². The maximum Gasteiger partial charge on any atom is 0.490 e. The van der Waals surface area contributed by atoms with Gasteiger partial charge in [-0.2, -0.15) is 13.2 Å². The van der Waals surface area contributed by atoms with E-state index in [0.29, 0.717) is 5.41 Å². The summed E-state index contributed by atoms with van der Waals surface area (Å²) in [4.78, 5) is 20.9. The van der Waals surface area contributed by atoms with E-state index in [-0.39, 0.29) is 11.9 Å². The molecule has 3 N–H and O–H groups in total. The van der Waals surface area contributed by atoms with Gasteiger partial charge in [0, 0.05) is 12.2 Å². The van der Waals surface area contributed by atoms with Gasteiger partial charge >= 0.3 is 12.1 Å². The minimum atomic E-state index is -5.08. The van der Waals surface area contributed by atoms with Crippen LogP contribution in [0.25, 0.3) is 0 Å². The van der Waals surface area contributed by atoms with Gasteiger partial charge in [0.25, 0.3) is 0 Å². The highest BCUT2D eigenvalue weighted by molar-refractivity contribution is 5.95. The van der Waals surface area contributed by atoms with Gasteiger partial charge in [0.1, 0.15) is 0 Å². The number of hydrogen-bond acceptors (Lipinski definition) is 3. The van der Waals surface area contributed by atoms with Crippen LogP contribution in [0.1, 0.15) is 19.3 Å². The van der Waals surface area contributed by atoms with Gasteiger partial charge in [-0.3, -0.25) is 4.79 Å². The van der Waals surface area contributed by atoms with Crippen LogP contribution in [0.5, 0.6) is 0 Å². The second-order valence-corrected chi connectivity index (χ2v) is 5.80. The van der Waals surface area contributed by atoms with Crippen molar-refractivity contribution in [2.75, 3.05) is 11.9 Å². The lowest BCUT2D eigenvalue weighted by molar-refractivity contribution is -0.192. The lowest BCUT2D eigenvalue weighted by Crippen LogP contribution is -2.35. The first-order valence-corrected chi connectivity index (χ1v) is 7.11. The van der Waals surface area contributed by atoms with E-state index in [1.54, 1.807) is 0 Å². The van der Waals surface area contributed by atoms with Gasteiger partial charge in [0.05, 0.1) is 6.04 Å². The summed E-state index contributed by atoms with van der Waals surface area (Å²) < 4.78 is 31.7. The molecule has 5 nitrogen and oxygen atoms in total. The predicted octanol–water partition coefficient (Wildman–Crippen LogP) is 2.40. The highest BCUT2D eigenvalue weighted by Crippen LogP contribution is 2.51. The van der Waals surface area contributed by atoms with Gasteiger partial charge in [-0.05, 0) is 36.8 Å². The fourth-order valence-electron chi connectivity index (χ4n) is 2.41. The van der Waals surface area contributed by atoms with Crippen molar-refractivity contribution in [1.29, 1.82) is 0 Å². The fourth-order valence-corrected chi connectivity index (χ4v) is 2.41. The monoisotopic (exact) mass is 330 g/mol. The summed E-state index contributed by atoms with van der Waals surface area (Å²) in [5, 5.41) is 13.4. The summed E-state index contributed by atoms with van der Waals surface area (Å²) in [6.45, 7) is 1.01. The molecular formula is C15H17F3N2O3. The van der Waals surface area contributed by atoms with Crippen LogP contribution in [-0.4, -0.2) is 35.7 Å². The smallest absolute Gasteiger partial charge is 0.475 e. The molecule has 1 aliphatic carbocycles. The Bertz CT molecular complexity index is 571. The normalized spacial score (nSPS) is 21.3. The first-order valence-electron chi connectivity index (χ1n) is 7.11. The molecule has 1 amide bonds. The Hall–Kier alpha value is -2.09. The van der Waals surface area contributed by atoms with E-state index in [9.17, 15) is 18.0 Å². The van der Waals surface area contributed by atoms with Gasteiger partial charge in [0.15, 0.2) is 0 Å². The number of alkyl halides is 3. The number of anilines is 1. The molecule has 1 unspecified atom stereocenters. The number of hydrogen-bond donors (Lipinski definition) is 3. The fraction of sp³-hybridized carbons (Fsp3) is 0.467. The number of carbonyl (C=O) groups excluding carboxylic acids is 1. The zero-order valence-electron chi connectivity index (χ0n) is 12.2. The number of nitrogens with one attached hydrogen (secondary N) is 2. The Morgan fingerprint density at radius 3 is 2.22 bits per heavy atom. The predicted molar refractivity (Wildman–Crippen MR) is 76.8 cm³/mol. The molecule has 0 radical (unpaired) electrons. The van der Waals surface area contributed by atoms with Crippen LogP contribution in [0.15, 0.2) is 30.3 Å². The van der Waals surface area contributed by atoms with E-state index < -0.39 is 12.1 Å². The van der Waals surface area contributed by atoms with Crippen LogP contribution in [0, 0.1) is 5.41 Å². The second-order valence-electron chi connectivity index (χ2n) is 5.80. The van der Waals surface area contributed by atoms with Crippen LogP contribution < -0.4 is 10.6 Å². The van der Waals surface area contributed by atoms with E-state index >= 15 is 0 Å². The number of amides is 1. The molecule has 1 aromatic carbocycles. The standard InChI is InChI=1S/C13H16N2O.C2HF3O2/c16-12(15-10-4-2-1-3-5-10)11-8-13(6-7-13)9-14-11;3-2(4,5)1(6)7/h1-5,11,14H,6-9H2,(H,15,16);(H,6,7). The largest absolute Gasteiger partial charge is 0.490 e. The summed E-state index contributed by atoms with van der Waals surface area (Å²) in [7, 11) is 0. The number of rotatable bonds is 2. The molecule has 0 aromatic heterocycles. The van der Waals surface area contributed by atoms with Crippen molar-refractivity contribution in [3.63, 3.8) is 0 Å². The highest BCUT2D eigenvalue weighted by Gasteiger charge is 2.49. The van der Waals surface area contributed by atoms with Crippen LogP contribution in [0.3, 0.4) is 0 Å². The number of carboxylic acids is 1. The molecule has 126 valence electrons. The maximum absolute atomic E-state index is 12.0. The summed E-state index contributed by atoms with van der Waals surface area (Å²) in [5.41, 5.74) is 1.35. The Labute approximate surface area is 130 Å². The molecule has 2 aliphatic rings. The lowest BCUT2D eigenvalue weighted by atomic mass is 10.0. The molecule has 8 heteroatoms. The van der Waals surface area contributed by atoms with Crippen LogP contribution in [0.4, 0.5) is 18.9 Å². The summed E-state index contributed by atoms with van der Waals surface area (Å²) in [6.07, 6.45) is -1.50. The molecule has 1 atom stereocenters. The van der Waals surface area contributed by atoms with Crippen molar-refractivity contribution >= 4 is 17.6 Å². The number of carboxylic acid groups (broad SMARTS) is 1. The third-order valence-electron chi connectivity index (χ3n) is 3.92. The molecular weight excluding hydrogens is 313 g/mol. The molecule has 1 saturated heterocycles.